The Hall–Kier alpha value is -1.16. The molecule has 2 heterocycles. The van der Waals surface area contributed by atoms with Crippen LogP contribution in [0.1, 0.15) is 25.7 Å². The van der Waals surface area contributed by atoms with Gasteiger partial charge in [0, 0.05) is 11.4 Å². The standard InChI is InChI=1S/C12H13N3S/c1-2-5-9(4-1)16-12-11-10(14-8-15-12)6-3-7-13-11/h3,6-9H,1-2,4-5H2. The lowest BCUT2D eigenvalue weighted by Crippen LogP contribution is -1.97. The van der Waals surface area contributed by atoms with E-state index >= 15 is 0 Å². The van der Waals surface area contributed by atoms with Crippen LogP contribution in [0.2, 0.25) is 0 Å². The van der Waals surface area contributed by atoms with Crippen molar-refractivity contribution in [2.75, 3.05) is 0 Å². The smallest absolute Gasteiger partial charge is 0.126 e. The van der Waals surface area contributed by atoms with Gasteiger partial charge in [0.1, 0.15) is 16.9 Å². The molecule has 3 nitrogen and oxygen atoms in total. The highest BCUT2D eigenvalue weighted by molar-refractivity contribution is 8.00. The van der Waals surface area contributed by atoms with Crippen molar-refractivity contribution in [3.8, 4) is 0 Å². The lowest BCUT2D eigenvalue weighted by atomic mass is 10.4. The number of fused-ring (bicyclic) bond motifs is 1. The van der Waals surface area contributed by atoms with Gasteiger partial charge in [0.25, 0.3) is 0 Å². The van der Waals surface area contributed by atoms with E-state index in [1.54, 1.807) is 6.33 Å². The Morgan fingerprint density at radius 2 is 2.00 bits per heavy atom. The summed E-state index contributed by atoms with van der Waals surface area (Å²) >= 11 is 1.87. The summed E-state index contributed by atoms with van der Waals surface area (Å²) in [5.41, 5.74) is 1.89. The predicted molar refractivity (Wildman–Crippen MR) is 65.4 cm³/mol. The van der Waals surface area contributed by atoms with Crippen molar-refractivity contribution in [1.82, 2.24) is 15.0 Å². The highest BCUT2D eigenvalue weighted by Gasteiger charge is 2.18. The van der Waals surface area contributed by atoms with Gasteiger partial charge in [-0.1, -0.05) is 12.8 Å². The zero-order valence-electron chi connectivity index (χ0n) is 8.97. The third kappa shape index (κ3) is 1.89. The molecule has 82 valence electrons. The monoisotopic (exact) mass is 231 g/mol. The van der Waals surface area contributed by atoms with Gasteiger partial charge in [-0.25, -0.2) is 9.97 Å². The molecule has 1 aliphatic carbocycles. The Bertz CT molecular complexity index is 489. The summed E-state index contributed by atoms with van der Waals surface area (Å²) in [5, 5.41) is 1.76. The highest BCUT2D eigenvalue weighted by Crippen LogP contribution is 2.35. The molecule has 0 radical (unpaired) electrons. The molecule has 16 heavy (non-hydrogen) atoms. The number of aromatic nitrogens is 3. The minimum absolute atomic E-state index is 0.722. The van der Waals surface area contributed by atoms with Crippen LogP contribution in [0.25, 0.3) is 11.0 Å². The first-order chi connectivity index (χ1) is 7.93. The van der Waals surface area contributed by atoms with Crippen molar-refractivity contribution in [3.05, 3.63) is 24.7 Å². The minimum atomic E-state index is 0.722. The predicted octanol–water partition coefficient (Wildman–Crippen LogP) is 3.06. The Kier molecular flexibility index (Phi) is 2.74. The van der Waals surface area contributed by atoms with Gasteiger partial charge in [0.05, 0.1) is 5.52 Å². The summed E-state index contributed by atoms with van der Waals surface area (Å²) < 4.78 is 0. The van der Waals surface area contributed by atoms with Crippen LogP contribution in [-0.2, 0) is 0 Å². The van der Waals surface area contributed by atoms with Crippen LogP contribution >= 0.6 is 11.8 Å². The third-order valence-corrected chi connectivity index (χ3v) is 4.27. The summed E-state index contributed by atoms with van der Waals surface area (Å²) in [6.45, 7) is 0. The van der Waals surface area contributed by atoms with Crippen molar-refractivity contribution in [2.24, 2.45) is 0 Å². The Labute approximate surface area is 98.7 Å². The van der Waals surface area contributed by atoms with Crippen molar-refractivity contribution in [2.45, 2.75) is 36.0 Å². The van der Waals surface area contributed by atoms with E-state index in [0.29, 0.717) is 0 Å². The number of thioether (sulfide) groups is 1. The molecule has 0 amide bonds. The first kappa shape index (κ1) is 10.0. The summed E-state index contributed by atoms with van der Waals surface area (Å²) in [6.07, 6.45) is 8.78. The van der Waals surface area contributed by atoms with Crippen LogP contribution in [-0.4, -0.2) is 20.2 Å². The van der Waals surface area contributed by atoms with Crippen molar-refractivity contribution in [1.29, 1.82) is 0 Å². The molecule has 1 fully saturated rings. The van der Waals surface area contributed by atoms with Crippen LogP contribution < -0.4 is 0 Å². The minimum Gasteiger partial charge on any atom is -0.252 e. The molecule has 0 bridgehead atoms. The SMILES string of the molecule is c1cnc2c(SC3CCCC3)ncnc2c1. The van der Waals surface area contributed by atoms with Gasteiger partial charge >= 0.3 is 0 Å². The van der Waals surface area contributed by atoms with Crippen molar-refractivity contribution < 1.29 is 0 Å². The molecule has 1 aliphatic rings. The topological polar surface area (TPSA) is 38.7 Å². The molecule has 0 N–H and O–H groups in total. The fraction of sp³-hybridized carbons (Fsp3) is 0.417. The van der Waals surface area contributed by atoms with Crippen molar-refractivity contribution in [3.63, 3.8) is 0 Å². The van der Waals surface area contributed by atoms with Crippen LogP contribution in [0.4, 0.5) is 0 Å². The summed E-state index contributed by atoms with van der Waals surface area (Å²) in [4.78, 5) is 13.0. The quantitative estimate of drug-likeness (QED) is 0.745. The average molecular weight is 231 g/mol. The molecule has 1 saturated carbocycles. The molecular weight excluding hydrogens is 218 g/mol. The maximum Gasteiger partial charge on any atom is 0.126 e. The first-order valence-corrected chi connectivity index (χ1v) is 6.54. The van der Waals surface area contributed by atoms with Crippen LogP contribution in [0.15, 0.2) is 29.7 Å². The van der Waals surface area contributed by atoms with E-state index in [-0.39, 0.29) is 0 Å². The van der Waals surface area contributed by atoms with Gasteiger partial charge in [0.2, 0.25) is 0 Å². The number of rotatable bonds is 2. The van der Waals surface area contributed by atoms with E-state index in [9.17, 15) is 0 Å². The molecule has 0 unspecified atom stereocenters. The van der Waals surface area contributed by atoms with Gasteiger partial charge in [-0.2, -0.15) is 0 Å². The van der Waals surface area contributed by atoms with Gasteiger partial charge < -0.3 is 0 Å². The highest BCUT2D eigenvalue weighted by atomic mass is 32.2. The molecule has 0 aliphatic heterocycles. The maximum atomic E-state index is 4.38. The zero-order valence-corrected chi connectivity index (χ0v) is 9.78. The lowest BCUT2D eigenvalue weighted by molar-refractivity contribution is 0.886. The second-order valence-electron chi connectivity index (χ2n) is 4.07. The van der Waals surface area contributed by atoms with Crippen LogP contribution in [0.3, 0.4) is 0 Å². The average Bonchev–Trinajstić information content (AvgIpc) is 2.82. The normalized spacial score (nSPS) is 17.0. The van der Waals surface area contributed by atoms with E-state index in [1.807, 2.05) is 30.1 Å². The third-order valence-electron chi connectivity index (χ3n) is 2.94. The van der Waals surface area contributed by atoms with Crippen LogP contribution in [0, 0.1) is 0 Å². The van der Waals surface area contributed by atoms with Crippen molar-refractivity contribution >= 4 is 22.8 Å². The fourth-order valence-corrected chi connectivity index (χ4v) is 3.38. The molecule has 0 saturated heterocycles. The van der Waals surface area contributed by atoms with E-state index in [4.69, 9.17) is 0 Å². The molecular formula is C12H13N3S. The summed E-state index contributed by atoms with van der Waals surface area (Å²) in [7, 11) is 0. The maximum absolute atomic E-state index is 4.38. The molecule has 2 aromatic heterocycles. The van der Waals surface area contributed by atoms with Gasteiger partial charge in [-0.05, 0) is 25.0 Å². The Morgan fingerprint density at radius 3 is 2.88 bits per heavy atom. The second kappa shape index (κ2) is 4.37. The Balaban J connectivity index is 1.96. The number of pyridine rings is 1. The van der Waals surface area contributed by atoms with Gasteiger partial charge in [-0.3, -0.25) is 4.98 Å². The number of hydrogen-bond donors (Lipinski definition) is 0. The molecule has 4 heteroatoms. The molecule has 0 spiro atoms. The number of nitrogens with zero attached hydrogens (tertiary/aromatic N) is 3. The zero-order chi connectivity index (χ0) is 10.8. The van der Waals surface area contributed by atoms with Gasteiger partial charge in [-0.15, -0.1) is 11.8 Å². The summed E-state index contributed by atoms with van der Waals surface area (Å²) in [6, 6.07) is 3.90. The molecule has 3 rings (SSSR count). The fourth-order valence-electron chi connectivity index (χ4n) is 2.12. The second-order valence-corrected chi connectivity index (χ2v) is 5.36. The van der Waals surface area contributed by atoms with E-state index in [0.717, 1.165) is 21.3 Å². The number of hydrogen-bond acceptors (Lipinski definition) is 4. The van der Waals surface area contributed by atoms with Crippen LogP contribution in [0.5, 0.6) is 0 Å². The van der Waals surface area contributed by atoms with E-state index < -0.39 is 0 Å². The van der Waals surface area contributed by atoms with E-state index in [1.165, 1.54) is 25.7 Å². The summed E-state index contributed by atoms with van der Waals surface area (Å²) in [5.74, 6) is 0. The molecule has 2 aromatic rings. The van der Waals surface area contributed by atoms with Gasteiger partial charge in [0.15, 0.2) is 0 Å². The largest absolute Gasteiger partial charge is 0.252 e. The Morgan fingerprint density at radius 1 is 1.12 bits per heavy atom. The molecule has 0 aromatic carbocycles. The molecule has 0 atom stereocenters. The lowest BCUT2D eigenvalue weighted by Gasteiger charge is -2.08. The first-order valence-electron chi connectivity index (χ1n) is 5.66. The van der Waals surface area contributed by atoms with E-state index in [2.05, 4.69) is 15.0 Å².